The van der Waals surface area contributed by atoms with E-state index in [2.05, 4.69) is 16.3 Å². The molecule has 1 aliphatic carbocycles. The number of benzene rings is 1. The van der Waals surface area contributed by atoms with Crippen LogP contribution in [0.25, 0.3) is 0 Å². The quantitative estimate of drug-likeness (QED) is 0.856. The number of aromatic amines is 1. The second-order valence-electron chi connectivity index (χ2n) is 5.02. The molecule has 0 unspecified atom stereocenters. The van der Waals surface area contributed by atoms with Gasteiger partial charge in [-0.3, -0.25) is 5.10 Å². The predicted molar refractivity (Wildman–Crippen MR) is 76.9 cm³/mol. The standard InChI is InChI=1S/C16H17N3O2/c17-10-12-4-1-2-6-14(12)20-8-9-21-15-7-3-5-13-11-18-19-16(13)15/h1-2,4,6,11,15H,3,5,7-9H2,(H,18,19)/t15-/m1/s1. The Hall–Kier alpha value is -2.32. The molecular formula is C16H17N3O2. The molecule has 1 N–H and O–H groups in total. The highest BCUT2D eigenvalue weighted by molar-refractivity contribution is 5.42. The van der Waals surface area contributed by atoms with Gasteiger partial charge in [0.2, 0.25) is 0 Å². The number of nitriles is 1. The maximum absolute atomic E-state index is 8.99. The van der Waals surface area contributed by atoms with Crippen LogP contribution in [-0.4, -0.2) is 23.4 Å². The summed E-state index contributed by atoms with van der Waals surface area (Å²) in [5.41, 5.74) is 2.90. The number of ether oxygens (including phenoxy) is 2. The van der Waals surface area contributed by atoms with Crippen LogP contribution in [0.5, 0.6) is 5.75 Å². The molecule has 1 aromatic carbocycles. The van der Waals surface area contributed by atoms with Crippen LogP contribution in [0.1, 0.15) is 35.8 Å². The van der Waals surface area contributed by atoms with E-state index < -0.39 is 0 Å². The summed E-state index contributed by atoms with van der Waals surface area (Å²) in [6.07, 6.45) is 5.15. The third kappa shape index (κ3) is 3.06. The highest BCUT2D eigenvalue weighted by Gasteiger charge is 2.22. The second kappa shape index (κ2) is 6.42. The van der Waals surface area contributed by atoms with Crippen molar-refractivity contribution in [1.82, 2.24) is 10.2 Å². The van der Waals surface area contributed by atoms with Crippen LogP contribution >= 0.6 is 0 Å². The van der Waals surface area contributed by atoms with Gasteiger partial charge in [0, 0.05) is 0 Å². The van der Waals surface area contributed by atoms with Gasteiger partial charge in [0.25, 0.3) is 0 Å². The van der Waals surface area contributed by atoms with Gasteiger partial charge in [0.15, 0.2) is 0 Å². The lowest BCUT2D eigenvalue weighted by atomic mass is 9.96. The largest absolute Gasteiger partial charge is 0.490 e. The molecule has 0 saturated heterocycles. The Bertz CT molecular complexity index is 645. The van der Waals surface area contributed by atoms with Crippen LogP contribution in [-0.2, 0) is 11.2 Å². The second-order valence-corrected chi connectivity index (χ2v) is 5.02. The molecule has 1 aliphatic rings. The third-order valence-corrected chi connectivity index (χ3v) is 3.65. The average molecular weight is 283 g/mol. The number of aryl methyl sites for hydroxylation is 1. The first-order valence-corrected chi connectivity index (χ1v) is 7.14. The number of nitrogens with one attached hydrogen (secondary N) is 1. The predicted octanol–water partition coefficient (Wildman–Crippen LogP) is 2.75. The minimum Gasteiger partial charge on any atom is -0.490 e. The van der Waals surface area contributed by atoms with Crippen LogP contribution in [0.2, 0.25) is 0 Å². The van der Waals surface area contributed by atoms with E-state index in [1.165, 1.54) is 5.56 Å². The minimum atomic E-state index is 0.0751. The molecule has 1 atom stereocenters. The van der Waals surface area contributed by atoms with E-state index in [-0.39, 0.29) is 6.10 Å². The van der Waals surface area contributed by atoms with Crippen molar-refractivity contribution in [1.29, 1.82) is 5.26 Å². The Morgan fingerprint density at radius 1 is 1.33 bits per heavy atom. The van der Waals surface area contributed by atoms with Crippen molar-refractivity contribution in [2.24, 2.45) is 0 Å². The van der Waals surface area contributed by atoms with E-state index in [9.17, 15) is 0 Å². The zero-order valence-corrected chi connectivity index (χ0v) is 11.7. The van der Waals surface area contributed by atoms with Gasteiger partial charge in [-0.25, -0.2) is 0 Å². The number of para-hydroxylation sites is 1. The molecule has 2 aromatic rings. The first-order chi connectivity index (χ1) is 10.4. The number of rotatable bonds is 5. The Labute approximate surface area is 123 Å². The topological polar surface area (TPSA) is 70.9 Å². The van der Waals surface area contributed by atoms with Gasteiger partial charge in [-0.2, -0.15) is 10.4 Å². The molecule has 0 amide bonds. The Morgan fingerprint density at radius 2 is 2.24 bits per heavy atom. The van der Waals surface area contributed by atoms with E-state index in [0.29, 0.717) is 24.5 Å². The molecule has 0 saturated carbocycles. The summed E-state index contributed by atoms with van der Waals surface area (Å²) in [6.45, 7) is 0.918. The maximum Gasteiger partial charge on any atom is 0.137 e. The summed E-state index contributed by atoms with van der Waals surface area (Å²) < 4.78 is 11.5. The first kappa shape index (κ1) is 13.7. The van der Waals surface area contributed by atoms with Crippen molar-refractivity contribution in [2.75, 3.05) is 13.2 Å². The SMILES string of the molecule is N#Cc1ccccc1OCCO[C@@H]1CCCc2cn[nH]c21. The monoisotopic (exact) mass is 283 g/mol. The zero-order valence-electron chi connectivity index (χ0n) is 11.7. The number of aromatic nitrogens is 2. The third-order valence-electron chi connectivity index (χ3n) is 3.65. The summed E-state index contributed by atoms with van der Waals surface area (Å²) in [5, 5.41) is 16.1. The highest BCUT2D eigenvalue weighted by atomic mass is 16.5. The summed E-state index contributed by atoms with van der Waals surface area (Å²) in [4.78, 5) is 0. The molecule has 3 rings (SSSR count). The molecule has 0 aliphatic heterocycles. The molecule has 0 spiro atoms. The molecule has 5 nitrogen and oxygen atoms in total. The molecule has 21 heavy (non-hydrogen) atoms. The van der Waals surface area contributed by atoms with Crippen LogP contribution in [0, 0.1) is 11.3 Å². The molecule has 108 valence electrons. The molecule has 5 heteroatoms. The van der Waals surface area contributed by atoms with E-state index >= 15 is 0 Å². The van der Waals surface area contributed by atoms with E-state index in [1.807, 2.05) is 18.3 Å². The number of hydrogen-bond acceptors (Lipinski definition) is 4. The molecule has 1 heterocycles. The van der Waals surface area contributed by atoms with Gasteiger partial charge >= 0.3 is 0 Å². The Kier molecular flexibility index (Phi) is 4.17. The summed E-state index contributed by atoms with van der Waals surface area (Å²) >= 11 is 0. The van der Waals surface area contributed by atoms with E-state index in [0.717, 1.165) is 25.0 Å². The lowest BCUT2D eigenvalue weighted by molar-refractivity contribution is 0.0204. The van der Waals surface area contributed by atoms with Gasteiger partial charge < -0.3 is 9.47 Å². The van der Waals surface area contributed by atoms with Crippen molar-refractivity contribution in [3.05, 3.63) is 47.3 Å². The first-order valence-electron chi connectivity index (χ1n) is 7.14. The van der Waals surface area contributed by atoms with Gasteiger partial charge in [-0.05, 0) is 37.0 Å². The van der Waals surface area contributed by atoms with Gasteiger partial charge in [0.05, 0.1) is 30.2 Å². The number of nitrogens with zero attached hydrogens (tertiary/aromatic N) is 2. The fraction of sp³-hybridized carbons (Fsp3) is 0.375. The summed E-state index contributed by atoms with van der Waals surface area (Å²) in [7, 11) is 0. The molecular weight excluding hydrogens is 266 g/mol. The van der Waals surface area contributed by atoms with Crippen molar-refractivity contribution >= 4 is 0 Å². The van der Waals surface area contributed by atoms with Crippen molar-refractivity contribution in [3.63, 3.8) is 0 Å². The molecule has 1 aromatic heterocycles. The molecule has 0 radical (unpaired) electrons. The van der Waals surface area contributed by atoms with Gasteiger partial charge in [-0.15, -0.1) is 0 Å². The molecule has 0 fully saturated rings. The van der Waals surface area contributed by atoms with Crippen molar-refractivity contribution in [2.45, 2.75) is 25.4 Å². The fourth-order valence-corrected chi connectivity index (χ4v) is 2.61. The fourth-order valence-electron chi connectivity index (χ4n) is 2.61. The maximum atomic E-state index is 8.99. The Balaban J connectivity index is 1.51. The number of fused-ring (bicyclic) bond motifs is 1. The van der Waals surface area contributed by atoms with Crippen LogP contribution in [0.15, 0.2) is 30.5 Å². The van der Waals surface area contributed by atoms with Crippen LogP contribution in [0.4, 0.5) is 0 Å². The summed E-state index contributed by atoms with van der Waals surface area (Å²) in [6, 6.07) is 9.34. The normalized spacial score (nSPS) is 17.0. The summed E-state index contributed by atoms with van der Waals surface area (Å²) in [5.74, 6) is 0.606. The lowest BCUT2D eigenvalue weighted by Gasteiger charge is -2.22. The highest BCUT2D eigenvalue weighted by Crippen LogP contribution is 2.30. The van der Waals surface area contributed by atoms with Gasteiger partial charge in [-0.1, -0.05) is 12.1 Å². The van der Waals surface area contributed by atoms with E-state index in [1.54, 1.807) is 12.1 Å². The van der Waals surface area contributed by atoms with Crippen LogP contribution in [0.3, 0.4) is 0 Å². The number of hydrogen-bond donors (Lipinski definition) is 1. The smallest absolute Gasteiger partial charge is 0.137 e. The van der Waals surface area contributed by atoms with Crippen molar-refractivity contribution in [3.8, 4) is 11.8 Å². The minimum absolute atomic E-state index is 0.0751. The van der Waals surface area contributed by atoms with Crippen molar-refractivity contribution < 1.29 is 9.47 Å². The Morgan fingerprint density at radius 3 is 3.14 bits per heavy atom. The van der Waals surface area contributed by atoms with E-state index in [4.69, 9.17) is 14.7 Å². The van der Waals surface area contributed by atoms with Gasteiger partial charge in [0.1, 0.15) is 18.4 Å². The average Bonchev–Trinajstić information content (AvgIpc) is 3.01. The zero-order chi connectivity index (χ0) is 14.5. The number of H-pyrrole nitrogens is 1. The van der Waals surface area contributed by atoms with Crippen LogP contribution < -0.4 is 4.74 Å². The molecule has 0 bridgehead atoms. The lowest BCUT2D eigenvalue weighted by Crippen LogP contribution is -2.16.